The molecule has 1 amide bonds. The summed E-state index contributed by atoms with van der Waals surface area (Å²) in [6.07, 6.45) is -1.17. The van der Waals surface area contributed by atoms with Crippen LogP contribution >= 0.6 is 0 Å². The van der Waals surface area contributed by atoms with Crippen LogP contribution in [0.1, 0.15) is 22.8 Å². The molecule has 1 atom stereocenters. The van der Waals surface area contributed by atoms with Crippen molar-refractivity contribution >= 4 is 27.6 Å². The summed E-state index contributed by atoms with van der Waals surface area (Å²) in [6.45, 7) is 2.88. The predicted octanol–water partition coefficient (Wildman–Crippen LogP) is 1.97. The van der Waals surface area contributed by atoms with E-state index in [0.717, 1.165) is 12.1 Å². The summed E-state index contributed by atoms with van der Waals surface area (Å²) in [5.74, 6) is -2.46. The summed E-state index contributed by atoms with van der Waals surface area (Å²) in [5, 5.41) is 0. The molecular weight excluding hydrogens is 363 g/mol. The number of nitrogens with two attached hydrogens (primary N) is 1. The van der Waals surface area contributed by atoms with Crippen molar-refractivity contribution in [1.29, 1.82) is 0 Å². The minimum atomic E-state index is -4.14. The summed E-state index contributed by atoms with van der Waals surface area (Å²) in [7, 11) is -4.14. The van der Waals surface area contributed by atoms with E-state index in [9.17, 15) is 22.4 Å². The number of halogens is 1. The molecule has 26 heavy (non-hydrogen) atoms. The first-order chi connectivity index (χ1) is 12.1. The molecule has 0 fully saturated rings. The standard InChI is InChI=1S/C17H17FN2O5S/c1-10-7-8-12(9-13(10)17(22)25-11(2)16(19)21)26(23,24)20-15-6-4-3-5-14(15)18/h3-9,11,20H,1-2H3,(H2,19,21)/t11-/m0/s1. The quantitative estimate of drug-likeness (QED) is 0.744. The van der Waals surface area contributed by atoms with Gasteiger partial charge < -0.3 is 10.5 Å². The lowest BCUT2D eigenvalue weighted by molar-refractivity contribution is -0.125. The van der Waals surface area contributed by atoms with Crippen molar-refractivity contribution in [1.82, 2.24) is 0 Å². The molecule has 0 unspecified atom stereocenters. The normalized spacial score (nSPS) is 12.3. The number of carbonyl (C=O) groups excluding carboxylic acids is 2. The number of amides is 1. The molecular formula is C17H17FN2O5S. The van der Waals surface area contributed by atoms with Gasteiger partial charge in [0.25, 0.3) is 15.9 Å². The molecule has 138 valence electrons. The van der Waals surface area contributed by atoms with Gasteiger partial charge in [-0.15, -0.1) is 0 Å². The van der Waals surface area contributed by atoms with Gasteiger partial charge in [0, 0.05) is 0 Å². The number of anilines is 1. The van der Waals surface area contributed by atoms with Crippen LogP contribution in [0, 0.1) is 12.7 Å². The second kappa shape index (κ2) is 7.52. The lowest BCUT2D eigenvalue weighted by Gasteiger charge is -2.13. The number of rotatable bonds is 6. The molecule has 0 bridgehead atoms. The van der Waals surface area contributed by atoms with Crippen LogP contribution in [0.15, 0.2) is 47.4 Å². The SMILES string of the molecule is Cc1ccc(S(=O)(=O)Nc2ccccc2F)cc1C(=O)O[C@@H](C)C(N)=O. The largest absolute Gasteiger partial charge is 0.449 e. The Hall–Kier alpha value is -2.94. The van der Waals surface area contributed by atoms with Crippen LogP contribution in [0.25, 0.3) is 0 Å². The van der Waals surface area contributed by atoms with E-state index in [1.165, 1.54) is 37.3 Å². The average Bonchev–Trinajstić information content (AvgIpc) is 2.56. The summed E-state index contributed by atoms with van der Waals surface area (Å²) in [4.78, 5) is 22.9. The maximum absolute atomic E-state index is 13.7. The van der Waals surface area contributed by atoms with Gasteiger partial charge in [-0.1, -0.05) is 18.2 Å². The van der Waals surface area contributed by atoms with Crippen molar-refractivity contribution in [3.8, 4) is 0 Å². The predicted molar refractivity (Wildman–Crippen MR) is 92.5 cm³/mol. The van der Waals surface area contributed by atoms with Crippen molar-refractivity contribution in [2.24, 2.45) is 5.73 Å². The fraction of sp³-hybridized carbons (Fsp3) is 0.176. The molecule has 0 aliphatic heterocycles. The van der Waals surface area contributed by atoms with Gasteiger partial charge in [-0.25, -0.2) is 17.6 Å². The summed E-state index contributed by atoms with van der Waals surface area (Å²) in [5.41, 5.74) is 5.21. The van der Waals surface area contributed by atoms with Crippen LogP contribution in [-0.4, -0.2) is 26.4 Å². The number of primary amides is 1. The molecule has 2 aromatic carbocycles. The number of benzene rings is 2. The molecule has 0 radical (unpaired) electrons. The van der Waals surface area contributed by atoms with Crippen molar-refractivity contribution in [2.75, 3.05) is 4.72 Å². The summed E-state index contributed by atoms with van der Waals surface area (Å²) >= 11 is 0. The zero-order valence-electron chi connectivity index (χ0n) is 14.0. The van der Waals surface area contributed by atoms with Gasteiger partial charge >= 0.3 is 5.97 Å². The molecule has 9 heteroatoms. The Kier molecular flexibility index (Phi) is 5.61. The Morgan fingerprint density at radius 2 is 1.85 bits per heavy atom. The van der Waals surface area contributed by atoms with E-state index >= 15 is 0 Å². The van der Waals surface area contributed by atoms with Crippen LogP contribution in [0.2, 0.25) is 0 Å². The molecule has 0 aromatic heterocycles. The molecule has 2 rings (SSSR count). The van der Waals surface area contributed by atoms with Crippen LogP contribution in [0.5, 0.6) is 0 Å². The van der Waals surface area contributed by atoms with E-state index in [2.05, 4.69) is 4.72 Å². The summed E-state index contributed by atoms with van der Waals surface area (Å²) < 4.78 is 45.6. The lowest BCUT2D eigenvalue weighted by atomic mass is 10.1. The fourth-order valence-corrected chi connectivity index (χ4v) is 3.11. The van der Waals surface area contributed by atoms with E-state index < -0.39 is 33.8 Å². The summed E-state index contributed by atoms with van der Waals surface area (Å²) in [6, 6.07) is 9.05. The number of para-hydroxylation sites is 1. The highest BCUT2D eigenvalue weighted by molar-refractivity contribution is 7.92. The highest BCUT2D eigenvalue weighted by Gasteiger charge is 2.22. The Bertz CT molecular complexity index is 959. The highest BCUT2D eigenvalue weighted by atomic mass is 32.2. The van der Waals surface area contributed by atoms with Crippen molar-refractivity contribution in [3.63, 3.8) is 0 Å². The van der Waals surface area contributed by atoms with Crippen molar-refractivity contribution in [3.05, 3.63) is 59.4 Å². The number of esters is 1. The third kappa shape index (κ3) is 4.37. The van der Waals surface area contributed by atoms with Gasteiger partial charge in [0.1, 0.15) is 5.82 Å². The van der Waals surface area contributed by atoms with Crippen LogP contribution in [0.3, 0.4) is 0 Å². The monoisotopic (exact) mass is 380 g/mol. The molecule has 3 N–H and O–H groups in total. The van der Waals surface area contributed by atoms with Gasteiger partial charge in [-0.2, -0.15) is 0 Å². The minimum absolute atomic E-state index is 0.0468. The van der Waals surface area contributed by atoms with E-state index in [1.54, 1.807) is 6.92 Å². The second-order valence-electron chi connectivity index (χ2n) is 5.51. The minimum Gasteiger partial charge on any atom is -0.449 e. The maximum Gasteiger partial charge on any atom is 0.339 e. The van der Waals surface area contributed by atoms with Crippen LogP contribution in [0.4, 0.5) is 10.1 Å². The molecule has 0 aliphatic carbocycles. The van der Waals surface area contributed by atoms with Gasteiger partial charge in [-0.05, 0) is 43.7 Å². The third-order valence-corrected chi connectivity index (χ3v) is 4.91. The van der Waals surface area contributed by atoms with E-state index in [-0.39, 0.29) is 16.1 Å². The van der Waals surface area contributed by atoms with Gasteiger partial charge in [-0.3, -0.25) is 9.52 Å². The number of hydrogen-bond donors (Lipinski definition) is 2. The molecule has 0 aliphatic rings. The Balaban J connectivity index is 2.34. The van der Waals surface area contributed by atoms with Gasteiger partial charge in [0.2, 0.25) is 0 Å². The van der Waals surface area contributed by atoms with Gasteiger partial charge in [0.15, 0.2) is 6.10 Å². The topological polar surface area (TPSA) is 116 Å². The molecule has 0 saturated carbocycles. The first-order valence-corrected chi connectivity index (χ1v) is 8.98. The first-order valence-electron chi connectivity index (χ1n) is 7.50. The van der Waals surface area contributed by atoms with E-state index in [4.69, 9.17) is 10.5 Å². The maximum atomic E-state index is 13.7. The third-order valence-electron chi connectivity index (χ3n) is 3.54. The van der Waals surface area contributed by atoms with Gasteiger partial charge in [0.05, 0.1) is 16.1 Å². The fourth-order valence-electron chi connectivity index (χ4n) is 2.02. The number of nitrogens with one attached hydrogen (secondary N) is 1. The second-order valence-corrected chi connectivity index (χ2v) is 7.19. The van der Waals surface area contributed by atoms with Crippen molar-refractivity contribution in [2.45, 2.75) is 24.8 Å². The Morgan fingerprint density at radius 1 is 1.19 bits per heavy atom. The Morgan fingerprint density at radius 3 is 2.46 bits per heavy atom. The first kappa shape index (κ1) is 19.4. The molecule has 2 aromatic rings. The highest BCUT2D eigenvalue weighted by Crippen LogP contribution is 2.21. The zero-order chi connectivity index (χ0) is 19.5. The zero-order valence-corrected chi connectivity index (χ0v) is 14.8. The number of sulfonamides is 1. The van der Waals surface area contributed by atoms with E-state index in [1.807, 2.05) is 0 Å². The molecule has 0 saturated heterocycles. The number of hydrogen-bond acceptors (Lipinski definition) is 5. The number of ether oxygens (including phenoxy) is 1. The van der Waals surface area contributed by atoms with E-state index in [0.29, 0.717) is 5.56 Å². The number of aryl methyl sites for hydroxylation is 1. The average molecular weight is 380 g/mol. The van der Waals surface area contributed by atoms with Crippen LogP contribution in [-0.2, 0) is 19.6 Å². The lowest BCUT2D eigenvalue weighted by Crippen LogP contribution is -2.30. The molecule has 0 heterocycles. The molecule has 0 spiro atoms. The van der Waals surface area contributed by atoms with Crippen molar-refractivity contribution < 1.29 is 27.1 Å². The Labute approximate surface area is 150 Å². The number of carbonyl (C=O) groups is 2. The van der Waals surface area contributed by atoms with Crippen LogP contribution < -0.4 is 10.5 Å². The molecule has 7 nitrogen and oxygen atoms in total. The smallest absolute Gasteiger partial charge is 0.339 e.